The molecule has 0 fully saturated rings. The van der Waals surface area contributed by atoms with Gasteiger partial charge in [0.05, 0.1) is 6.61 Å². The van der Waals surface area contributed by atoms with Gasteiger partial charge in [-0.2, -0.15) is 18.2 Å². The fourth-order valence-electron chi connectivity index (χ4n) is 1.89. The van der Waals surface area contributed by atoms with Gasteiger partial charge in [-0.05, 0) is 12.1 Å². The minimum absolute atomic E-state index is 0.193. The van der Waals surface area contributed by atoms with Crippen molar-refractivity contribution in [2.45, 2.75) is 6.18 Å². The van der Waals surface area contributed by atoms with E-state index in [1.54, 1.807) is 7.11 Å². The third-order valence-electron chi connectivity index (χ3n) is 3.14. The molecule has 0 aliphatic rings. The number of carbonyl (C=O) groups is 1. The summed E-state index contributed by atoms with van der Waals surface area (Å²) in [6, 6.07) is 5.87. The standard InChI is InChI=1S/C15H17F3N4O3/c1-24-9-8-19-6-7-20-13(23)11-4-2-10(3-5-11)12-21-14(25-22-12)15(16,17)18/h2-5,19H,6-9H2,1H3,(H,20,23). The molecule has 136 valence electrons. The summed E-state index contributed by atoms with van der Waals surface area (Å²) in [6.07, 6.45) is -4.69. The number of methoxy groups -OCH3 is 1. The van der Waals surface area contributed by atoms with Crippen LogP contribution in [-0.4, -0.2) is 49.4 Å². The highest BCUT2D eigenvalue weighted by molar-refractivity contribution is 5.94. The summed E-state index contributed by atoms with van der Waals surface area (Å²) in [5.41, 5.74) is 0.692. The summed E-state index contributed by atoms with van der Waals surface area (Å²) in [5, 5.41) is 9.09. The molecule has 0 saturated carbocycles. The highest BCUT2D eigenvalue weighted by atomic mass is 19.4. The number of nitrogens with zero attached hydrogens (tertiary/aromatic N) is 2. The monoisotopic (exact) mass is 358 g/mol. The normalized spacial score (nSPS) is 11.5. The second kappa shape index (κ2) is 8.58. The van der Waals surface area contributed by atoms with Crippen molar-refractivity contribution in [2.75, 3.05) is 33.4 Å². The fourth-order valence-corrected chi connectivity index (χ4v) is 1.89. The maximum Gasteiger partial charge on any atom is 0.471 e. The second-order valence-electron chi connectivity index (χ2n) is 5.00. The molecule has 2 aromatic rings. The zero-order valence-electron chi connectivity index (χ0n) is 13.4. The molecular weight excluding hydrogens is 341 g/mol. The number of amides is 1. The molecule has 0 spiro atoms. The van der Waals surface area contributed by atoms with Crippen molar-refractivity contribution in [1.82, 2.24) is 20.8 Å². The lowest BCUT2D eigenvalue weighted by Gasteiger charge is -2.07. The molecule has 0 aliphatic carbocycles. The first-order valence-corrected chi connectivity index (χ1v) is 7.41. The first kappa shape index (κ1) is 18.9. The number of aromatic nitrogens is 2. The van der Waals surface area contributed by atoms with Crippen molar-refractivity contribution in [1.29, 1.82) is 0 Å². The molecular formula is C15H17F3N4O3. The average Bonchev–Trinajstić information content (AvgIpc) is 3.08. The van der Waals surface area contributed by atoms with Crippen LogP contribution in [0.4, 0.5) is 13.2 Å². The van der Waals surface area contributed by atoms with Gasteiger partial charge in [-0.25, -0.2) is 0 Å². The summed E-state index contributed by atoms with van der Waals surface area (Å²) in [6.45, 7) is 2.30. The van der Waals surface area contributed by atoms with Crippen molar-refractivity contribution in [3.63, 3.8) is 0 Å². The van der Waals surface area contributed by atoms with Crippen LogP contribution in [0.5, 0.6) is 0 Å². The number of ether oxygens (including phenoxy) is 1. The molecule has 1 heterocycles. The Balaban J connectivity index is 1.89. The fraction of sp³-hybridized carbons (Fsp3) is 0.400. The maximum absolute atomic E-state index is 12.4. The van der Waals surface area contributed by atoms with Crippen LogP contribution in [0, 0.1) is 0 Å². The quantitative estimate of drug-likeness (QED) is 0.699. The summed E-state index contributed by atoms with van der Waals surface area (Å²) >= 11 is 0. The summed E-state index contributed by atoms with van der Waals surface area (Å²) in [7, 11) is 1.60. The average molecular weight is 358 g/mol. The van der Waals surface area contributed by atoms with Gasteiger partial charge in [-0.3, -0.25) is 4.79 Å². The number of hydrogen-bond donors (Lipinski definition) is 2. The van der Waals surface area contributed by atoms with Crippen LogP contribution in [0.1, 0.15) is 16.2 Å². The Morgan fingerprint density at radius 2 is 1.92 bits per heavy atom. The number of rotatable bonds is 8. The lowest BCUT2D eigenvalue weighted by Crippen LogP contribution is -2.33. The van der Waals surface area contributed by atoms with Crippen LogP contribution < -0.4 is 10.6 Å². The Kier molecular flexibility index (Phi) is 6.48. The van der Waals surface area contributed by atoms with Crippen LogP contribution in [0.15, 0.2) is 28.8 Å². The van der Waals surface area contributed by atoms with E-state index in [1.807, 2.05) is 0 Å². The van der Waals surface area contributed by atoms with E-state index < -0.39 is 12.1 Å². The zero-order chi connectivity index (χ0) is 18.3. The molecule has 10 heteroatoms. The smallest absolute Gasteiger partial charge is 0.383 e. The van der Waals surface area contributed by atoms with E-state index in [4.69, 9.17) is 4.74 Å². The number of halogens is 3. The van der Waals surface area contributed by atoms with Gasteiger partial charge in [0.25, 0.3) is 5.91 Å². The molecule has 25 heavy (non-hydrogen) atoms. The van der Waals surface area contributed by atoms with Gasteiger partial charge in [0, 0.05) is 37.9 Å². The van der Waals surface area contributed by atoms with Gasteiger partial charge < -0.3 is 19.9 Å². The molecule has 0 unspecified atom stereocenters. The Hall–Kier alpha value is -2.46. The van der Waals surface area contributed by atoms with Crippen molar-refractivity contribution in [3.05, 3.63) is 35.7 Å². The molecule has 0 atom stereocenters. The van der Waals surface area contributed by atoms with Gasteiger partial charge in [0.2, 0.25) is 5.82 Å². The van der Waals surface area contributed by atoms with E-state index in [2.05, 4.69) is 25.3 Å². The summed E-state index contributed by atoms with van der Waals surface area (Å²) in [4.78, 5) is 15.2. The lowest BCUT2D eigenvalue weighted by atomic mass is 10.1. The number of hydrogen-bond acceptors (Lipinski definition) is 6. The van der Waals surface area contributed by atoms with E-state index in [-0.39, 0.29) is 11.7 Å². The van der Waals surface area contributed by atoms with E-state index in [0.29, 0.717) is 37.4 Å². The maximum atomic E-state index is 12.4. The van der Waals surface area contributed by atoms with E-state index in [0.717, 1.165) is 0 Å². The highest BCUT2D eigenvalue weighted by Gasteiger charge is 2.38. The minimum Gasteiger partial charge on any atom is -0.383 e. The van der Waals surface area contributed by atoms with Gasteiger partial charge >= 0.3 is 12.1 Å². The van der Waals surface area contributed by atoms with Gasteiger partial charge in [-0.1, -0.05) is 17.3 Å². The lowest BCUT2D eigenvalue weighted by molar-refractivity contribution is -0.159. The minimum atomic E-state index is -4.69. The van der Waals surface area contributed by atoms with Crippen LogP contribution in [0.2, 0.25) is 0 Å². The topological polar surface area (TPSA) is 89.3 Å². The molecule has 1 aromatic carbocycles. The van der Waals surface area contributed by atoms with E-state index in [1.165, 1.54) is 24.3 Å². The molecule has 1 aromatic heterocycles. The van der Waals surface area contributed by atoms with E-state index in [9.17, 15) is 18.0 Å². The predicted molar refractivity (Wildman–Crippen MR) is 81.8 cm³/mol. The Labute approximate surface area is 141 Å². The molecule has 0 bridgehead atoms. The summed E-state index contributed by atoms with van der Waals surface area (Å²) < 4.78 is 46.4. The zero-order valence-corrected chi connectivity index (χ0v) is 13.4. The first-order valence-electron chi connectivity index (χ1n) is 7.41. The first-order chi connectivity index (χ1) is 11.9. The summed E-state index contributed by atoms with van der Waals surface area (Å²) in [5.74, 6) is -1.89. The molecule has 7 nitrogen and oxygen atoms in total. The molecule has 2 rings (SSSR count). The van der Waals surface area contributed by atoms with Crippen LogP contribution >= 0.6 is 0 Å². The molecule has 0 radical (unpaired) electrons. The van der Waals surface area contributed by atoms with Gasteiger partial charge in [0.15, 0.2) is 0 Å². The van der Waals surface area contributed by atoms with E-state index >= 15 is 0 Å². The Bertz CT molecular complexity index is 686. The number of carbonyl (C=O) groups excluding carboxylic acids is 1. The van der Waals surface area contributed by atoms with Crippen LogP contribution in [0.3, 0.4) is 0 Å². The second-order valence-corrected chi connectivity index (χ2v) is 5.00. The SMILES string of the molecule is COCCNCCNC(=O)c1ccc(-c2noc(C(F)(F)F)n2)cc1. The molecule has 2 N–H and O–H groups in total. The highest BCUT2D eigenvalue weighted by Crippen LogP contribution is 2.29. The van der Waals surface area contributed by atoms with Crippen LogP contribution in [-0.2, 0) is 10.9 Å². The van der Waals surface area contributed by atoms with Gasteiger partial charge in [-0.15, -0.1) is 0 Å². The van der Waals surface area contributed by atoms with Gasteiger partial charge in [0.1, 0.15) is 0 Å². The van der Waals surface area contributed by atoms with Crippen molar-refractivity contribution in [2.24, 2.45) is 0 Å². The Morgan fingerprint density at radius 3 is 2.52 bits per heavy atom. The largest absolute Gasteiger partial charge is 0.471 e. The molecule has 0 saturated heterocycles. The third kappa shape index (κ3) is 5.54. The number of alkyl halides is 3. The van der Waals surface area contributed by atoms with Crippen LogP contribution in [0.25, 0.3) is 11.4 Å². The van der Waals surface area contributed by atoms with Crippen molar-refractivity contribution < 1.29 is 27.2 Å². The van der Waals surface area contributed by atoms with Crippen molar-refractivity contribution in [3.8, 4) is 11.4 Å². The predicted octanol–water partition coefficient (Wildman–Crippen LogP) is 1.72. The Morgan fingerprint density at radius 1 is 1.20 bits per heavy atom. The third-order valence-corrected chi connectivity index (χ3v) is 3.14. The number of nitrogens with one attached hydrogen (secondary N) is 2. The molecule has 0 aliphatic heterocycles. The number of benzene rings is 1. The van der Waals surface area contributed by atoms with Crippen molar-refractivity contribution >= 4 is 5.91 Å². The molecule has 1 amide bonds.